The minimum absolute atomic E-state index is 0.156. The first-order valence-corrected chi connectivity index (χ1v) is 7.84. The Labute approximate surface area is 118 Å². The van der Waals surface area contributed by atoms with Crippen LogP contribution in [0.25, 0.3) is 0 Å². The molecule has 106 valence electrons. The Morgan fingerprint density at radius 2 is 2.00 bits per heavy atom. The molecule has 19 heavy (non-hydrogen) atoms. The SMILES string of the molecule is CCC1CCCC(C(O)Cc2ccc(C)c(C)c2)C1. The van der Waals surface area contributed by atoms with Crippen molar-refractivity contribution in [1.82, 2.24) is 0 Å². The molecule has 1 aromatic carbocycles. The summed E-state index contributed by atoms with van der Waals surface area (Å²) in [7, 11) is 0. The van der Waals surface area contributed by atoms with Crippen LogP contribution in [-0.4, -0.2) is 11.2 Å². The van der Waals surface area contributed by atoms with Gasteiger partial charge >= 0.3 is 0 Å². The lowest BCUT2D eigenvalue weighted by Gasteiger charge is -2.32. The van der Waals surface area contributed by atoms with Crippen LogP contribution >= 0.6 is 0 Å². The molecule has 2 rings (SSSR count). The molecule has 0 heterocycles. The molecule has 1 aromatic rings. The van der Waals surface area contributed by atoms with Gasteiger partial charge in [-0.1, -0.05) is 44.4 Å². The van der Waals surface area contributed by atoms with Crippen molar-refractivity contribution in [2.75, 3.05) is 0 Å². The molecule has 1 heteroatoms. The highest BCUT2D eigenvalue weighted by Gasteiger charge is 2.26. The van der Waals surface area contributed by atoms with E-state index >= 15 is 0 Å². The number of benzene rings is 1. The first-order valence-electron chi connectivity index (χ1n) is 7.84. The van der Waals surface area contributed by atoms with E-state index in [9.17, 15) is 5.11 Å². The Balaban J connectivity index is 1.96. The average molecular weight is 260 g/mol. The molecule has 1 N–H and O–H groups in total. The zero-order valence-electron chi connectivity index (χ0n) is 12.7. The Hall–Kier alpha value is -0.820. The molecule has 3 atom stereocenters. The maximum atomic E-state index is 10.5. The van der Waals surface area contributed by atoms with Gasteiger partial charge in [0, 0.05) is 0 Å². The molecule has 1 nitrogen and oxygen atoms in total. The Kier molecular flexibility index (Phi) is 5.04. The summed E-state index contributed by atoms with van der Waals surface area (Å²) in [6, 6.07) is 6.58. The summed E-state index contributed by atoms with van der Waals surface area (Å²) in [6.45, 7) is 6.57. The van der Waals surface area contributed by atoms with Gasteiger partial charge in [0.05, 0.1) is 6.10 Å². The standard InChI is InChI=1S/C18H28O/c1-4-15-6-5-7-17(11-15)18(19)12-16-9-8-13(2)14(3)10-16/h8-10,15,17-19H,4-7,11-12H2,1-3H3. The van der Waals surface area contributed by atoms with E-state index < -0.39 is 0 Å². The van der Waals surface area contributed by atoms with E-state index in [1.807, 2.05) is 0 Å². The summed E-state index contributed by atoms with van der Waals surface area (Å²) in [5, 5.41) is 10.5. The van der Waals surface area contributed by atoms with E-state index in [2.05, 4.69) is 39.0 Å². The third-order valence-electron chi connectivity index (χ3n) is 4.96. The van der Waals surface area contributed by atoms with Crippen LogP contribution < -0.4 is 0 Å². The van der Waals surface area contributed by atoms with E-state index in [0.717, 1.165) is 12.3 Å². The van der Waals surface area contributed by atoms with Gasteiger partial charge in [-0.2, -0.15) is 0 Å². The van der Waals surface area contributed by atoms with Gasteiger partial charge in [-0.3, -0.25) is 0 Å². The van der Waals surface area contributed by atoms with Crippen LogP contribution in [0.3, 0.4) is 0 Å². The zero-order valence-corrected chi connectivity index (χ0v) is 12.7. The third-order valence-corrected chi connectivity index (χ3v) is 4.96. The van der Waals surface area contributed by atoms with Crippen molar-refractivity contribution >= 4 is 0 Å². The van der Waals surface area contributed by atoms with E-state index in [-0.39, 0.29) is 6.10 Å². The van der Waals surface area contributed by atoms with Gasteiger partial charge in [-0.25, -0.2) is 0 Å². The first-order chi connectivity index (χ1) is 9.10. The molecule has 1 aliphatic rings. The van der Waals surface area contributed by atoms with Crippen LogP contribution in [0, 0.1) is 25.7 Å². The largest absolute Gasteiger partial charge is 0.392 e. The van der Waals surface area contributed by atoms with Gasteiger partial charge in [-0.15, -0.1) is 0 Å². The lowest BCUT2D eigenvalue weighted by atomic mass is 9.76. The monoisotopic (exact) mass is 260 g/mol. The maximum Gasteiger partial charge on any atom is 0.0608 e. The maximum absolute atomic E-state index is 10.5. The van der Waals surface area contributed by atoms with Crippen LogP contribution in [0.4, 0.5) is 0 Å². The number of rotatable bonds is 4. The number of aliphatic hydroxyl groups is 1. The number of hydrogen-bond acceptors (Lipinski definition) is 1. The molecule has 0 aliphatic heterocycles. The van der Waals surface area contributed by atoms with Crippen molar-refractivity contribution in [3.8, 4) is 0 Å². The minimum atomic E-state index is -0.156. The predicted octanol–water partition coefficient (Wildman–Crippen LogP) is 4.42. The van der Waals surface area contributed by atoms with Crippen LogP contribution in [0.2, 0.25) is 0 Å². The highest BCUT2D eigenvalue weighted by Crippen LogP contribution is 2.33. The Morgan fingerprint density at radius 1 is 1.21 bits per heavy atom. The molecule has 0 amide bonds. The molecule has 1 aliphatic carbocycles. The van der Waals surface area contributed by atoms with E-state index in [1.165, 1.54) is 48.8 Å². The second-order valence-corrected chi connectivity index (χ2v) is 6.39. The second-order valence-electron chi connectivity index (χ2n) is 6.39. The van der Waals surface area contributed by atoms with Gasteiger partial charge < -0.3 is 5.11 Å². The number of hydrogen-bond donors (Lipinski definition) is 1. The topological polar surface area (TPSA) is 20.2 Å². The van der Waals surface area contributed by atoms with E-state index in [0.29, 0.717) is 5.92 Å². The van der Waals surface area contributed by atoms with E-state index in [4.69, 9.17) is 0 Å². The highest BCUT2D eigenvalue weighted by molar-refractivity contribution is 5.30. The average Bonchev–Trinajstić information content (AvgIpc) is 2.43. The molecule has 0 aromatic heterocycles. The van der Waals surface area contributed by atoms with Gasteiger partial charge in [0.15, 0.2) is 0 Å². The third kappa shape index (κ3) is 3.82. The second kappa shape index (κ2) is 6.56. The van der Waals surface area contributed by atoms with Crippen molar-refractivity contribution < 1.29 is 5.11 Å². The molecule has 1 fully saturated rings. The minimum Gasteiger partial charge on any atom is -0.392 e. The number of aryl methyl sites for hydroxylation is 2. The molecular formula is C18H28O. The Bertz CT molecular complexity index is 410. The van der Waals surface area contributed by atoms with Gasteiger partial charge in [-0.05, 0) is 61.6 Å². The zero-order chi connectivity index (χ0) is 13.8. The van der Waals surface area contributed by atoms with Gasteiger partial charge in [0.1, 0.15) is 0 Å². The van der Waals surface area contributed by atoms with Crippen LogP contribution in [0.15, 0.2) is 18.2 Å². The van der Waals surface area contributed by atoms with Crippen molar-refractivity contribution in [2.24, 2.45) is 11.8 Å². The summed E-state index contributed by atoms with van der Waals surface area (Å²) in [5.74, 6) is 1.36. The molecule has 0 spiro atoms. The lowest BCUT2D eigenvalue weighted by molar-refractivity contribution is 0.0685. The van der Waals surface area contributed by atoms with Crippen LogP contribution in [0.5, 0.6) is 0 Å². The van der Waals surface area contributed by atoms with Gasteiger partial charge in [0.2, 0.25) is 0 Å². The summed E-state index contributed by atoms with van der Waals surface area (Å²) >= 11 is 0. The molecular weight excluding hydrogens is 232 g/mol. The smallest absolute Gasteiger partial charge is 0.0608 e. The highest BCUT2D eigenvalue weighted by atomic mass is 16.3. The molecule has 0 radical (unpaired) electrons. The first kappa shape index (κ1) is 14.6. The fraction of sp³-hybridized carbons (Fsp3) is 0.667. The molecule has 1 saturated carbocycles. The molecule has 3 unspecified atom stereocenters. The molecule has 0 bridgehead atoms. The fourth-order valence-corrected chi connectivity index (χ4v) is 3.39. The van der Waals surface area contributed by atoms with Crippen LogP contribution in [0.1, 0.15) is 55.7 Å². The summed E-state index contributed by atoms with van der Waals surface area (Å²) < 4.78 is 0. The van der Waals surface area contributed by atoms with Crippen molar-refractivity contribution in [3.05, 3.63) is 34.9 Å². The van der Waals surface area contributed by atoms with Crippen LogP contribution in [-0.2, 0) is 6.42 Å². The predicted molar refractivity (Wildman–Crippen MR) is 81.4 cm³/mol. The normalized spacial score (nSPS) is 25.3. The summed E-state index contributed by atoms with van der Waals surface area (Å²) in [5.41, 5.74) is 3.95. The Morgan fingerprint density at radius 3 is 2.68 bits per heavy atom. The van der Waals surface area contributed by atoms with E-state index in [1.54, 1.807) is 0 Å². The van der Waals surface area contributed by atoms with Crippen molar-refractivity contribution in [3.63, 3.8) is 0 Å². The summed E-state index contributed by atoms with van der Waals surface area (Å²) in [6.07, 6.45) is 7.04. The fourth-order valence-electron chi connectivity index (χ4n) is 3.39. The summed E-state index contributed by atoms with van der Waals surface area (Å²) in [4.78, 5) is 0. The quantitative estimate of drug-likeness (QED) is 0.849. The van der Waals surface area contributed by atoms with Crippen molar-refractivity contribution in [2.45, 2.75) is 65.4 Å². The molecule has 0 saturated heterocycles. The van der Waals surface area contributed by atoms with Gasteiger partial charge in [0.25, 0.3) is 0 Å². The lowest BCUT2D eigenvalue weighted by Crippen LogP contribution is -2.28. The number of aliphatic hydroxyl groups excluding tert-OH is 1. The van der Waals surface area contributed by atoms with Crippen molar-refractivity contribution in [1.29, 1.82) is 0 Å².